The summed E-state index contributed by atoms with van der Waals surface area (Å²) < 4.78 is 0. The third-order valence-electron chi connectivity index (χ3n) is 2.04. The summed E-state index contributed by atoms with van der Waals surface area (Å²) in [6.07, 6.45) is 6.35. The number of rotatable bonds is 8. The van der Waals surface area contributed by atoms with Crippen molar-refractivity contribution in [3.05, 3.63) is 0 Å². The van der Waals surface area contributed by atoms with Gasteiger partial charge in [0.25, 0.3) is 0 Å². The normalized spacial score (nSPS) is 10.9. The highest BCUT2D eigenvalue weighted by Gasteiger charge is 1.97. The number of terminal acetylenes is 1. The molecule has 0 fully saturated rings. The van der Waals surface area contributed by atoms with Crippen LogP contribution in [-0.2, 0) is 0 Å². The van der Waals surface area contributed by atoms with Crippen molar-refractivity contribution in [3.8, 4) is 12.3 Å². The average Bonchev–Trinajstić information content (AvgIpc) is 2.12. The molecule has 0 unspecified atom stereocenters. The molecule has 0 radical (unpaired) electrons. The second-order valence-corrected chi connectivity index (χ2v) is 3.84. The molecule has 0 rings (SSSR count). The molecule has 0 aromatic heterocycles. The van der Waals surface area contributed by atoms with E-state index in [0.717, 1.165) is 26.2 Å². The van der Waals surface area contributed by atoms with Gasteiger partial charge < -0.3 is 15.1 Å². The Balaban J connectivity index is 3.20. The number of hydrogen-bond acceptors (Lipinski definition) is 3. The van der Waals surface area contributed by atoms with E-state index in [0.29, 0.717) is 6.54 Å². The molecule has 14 heavy (non-hydrogen) atoms. The number of nitrogens with one attached hydrogen (secondary N) is 1. The van der Waals surface area contributed by atoms with Gasteiger partial charge in [-0.1, -0.05) is 5.92 Å². The quantitative estimate of drug-likeness (QED) is 0.439. The summed E-state index contributed by atoms with van der Waals surface area (Å²) in [5.74, 6) is 2.56. The Morgan fingerprint density at radius 1 is 1.14 bits per heavy atom. The highest BCUT2D eigenvalue weighted by atomic mass is 15.1. The fourth-order valence-corrected chi connectivity index (χ4v) is 1.20. The molecule has 0 spiro atoms. The van der Waals surface area contributed by atoms with E-state index in [1.807, 2.05) is 0 Å². The van der Waals surface area contributed by atoms with Gasteiger partial charge >= 0.3 is 0 Å². The van der Waals surface area contributed by atoms with Crippen LogP contribution < -0.4 is 5.32 Å². The fraction of sp³-hybridized carbons (Fsp3) is 0.818. The lowest BCUT2D eigenvalue weighted by atomic mass is 10.3. The van der Waals surface area contributed by atoms with Crippen molar-refractivity contribution in [2.24, 2.45) is 0 Å². The molecule has 0 atom stereocenters. The molecule has 0 aromatic carbocycles. The zero-order valence-corrected chi connectivity index (χ0v) is 9.71. The van der Waals surface area contributed by atoms with Crippen molar-refractivity contribution < 1.29 is 0 Å². The van der Waals surface area contributed by atoms with Crippen LogP contribution in [0.25, 0.3) is 0 Å². The summed E-state index contributed by atoms with van der Waals surface area (Å²) in [5, 5.41) is 3.18. The van der Waals surface area contributed by atoms with Crippen LogP contribution in [0.4, 0.5) is 0 Å². The maximum absolute atomic E-state index is 5.13. The van der Waals surface area contributed by atoms with Crippen LogP contribution >= 0.6 is 0 Å². The van der Waals surface area contributed by atoms with Crippen LogP contribution in [0.5, 0.6) is 0 Å². The van der Waals surface area contributed by atoms with Gasteiger partial charge in [0.05, 0.1) is 6.54 Å². The Labute approximate surface area is 88.5 Å². The topological polar surface area (TPSA) is 18.5 Å². The van der Waals surface area contributed by atoms with E-state index in [1.54, 1.807) is 0 Å². The van der Waals surface area contributed by atoms with E-state index in [1.165, 1.54) is 6.42 Å². The second-order valence-electron chi connectivity index (χ2n) is 3.84. The molecule has 0 saturated heterocycles. The van der Waals surface area contributed by atoms with E-state index in [4.69, 9.17) is 6.42 Å². The molecule has 0 saturated carbocycles. The first kappa shape index (κ1) is 13.4. The first-order chi connectivity index (χ1) is 6.66. The summed E-state index contributed by atoms with van der Waals surface area (Å²) >= 11 is 0. The van der Waals surface area contributed by atoms with Gasteiger partial charge in [0.15, 0.2) is 0 Å². The van der Waals surface area contributed by atoms with E-state index in [9.17, 15) is 0 Å². The van der Waals surface area contributed by atoms with Crippen LogP contribution in [0.15, 0.2) is 0 Å². The highest BCUT2D eigenvalue weighted by molar-refractivity contribution is 4.86. The smallest absolute Gasteiger partial charge is 0.0574 e. The molecular weight excluding hydrogens is 174 g/mol. The van der Waals surface area contributed by atoms with Crippen LogP contribution in [0.1, 0.15) is 6.42 Å². The predicted octanol–water partition coefficient (Wildman–Crippen LogP) is 0.0927. The SMILES string of the molecule is C#CCNCCN(C)CCCN(C)C. The zero-order valence-electron chi connectivity index (χ0n) is 9.71. The fourth-order valence-electron chi connectivity index (χ4n) is 1.20. The van der Waals surface area contributed by atoms with Gasteiger partial charge in [0.1, 0.15) is 0 Å². The molecule has 0 amide bonds. The molecule has 3 heteroatoms. The van der Waals surface area contributed by atoms with Crippen LogP contribution in [0.3, 0.4) is 0 Å². The first-order valence-corrected chi connectivity index (χ1v) is 5.14. The Kier molecular flexibility index (Phi) is 8.65. The monoisotopic (exact) mass is 197 g/mol. The number of hydrogen-bond donors (Lipinski definition) is 1. The predicted molar refractivity (Wildman–Crippen MR) is 62.4 cm³/mol. The van der Waals surface area contributed by atoms with E-state index in [2.05, 4.69) is 42.2 Å². The van der Waals surface area contributed by atoms with Crippen molar-refractivity contribution >= 4 is 0 Å². The number of likely N-dealkylation sites (N-methyl/N-ethyl adjacent to an activating group) is 1. The summed E-state index contributed by atoms with van der Waals surface area (Å²) in [6, 6.07) is 0. The van der Waals surface area contributed by atoms with Gasteiger partial charge in [-0.05, 0) is 40.7 Å². The van der Waals surface area contributed by atoms with Crippen molar-refractivity contribution in [2.75, 3.05) is 53.9 Å². The van der Waals surface area contributed by atoms with E-state index < -0.39 is 0 Å². The standard InChI is InChI=1S/C11H23N3/c1-5-7-12-8-11-14(4)10-6-9-13(2)3/h1,12H,6-11H2,2-4H3. The second kappa shape index (κ2) is 9.01. The summed E-state index contributed by atoms with van der Waals surface area (Å²) in [5.41, 5.74) is 0. The molecule has 0 aliphatic rings. The highest BCUT2D eigenvalue weighted by Crippen LogP contribution is 1.88. The van der Waals surface area contributed by atoms with Crippen LogP contribution in [0.2, 0.25) is 0 Å². The zero-order chi connectivity index (χ0) is 10.8. The van der Waals surface area contributed by atoms with E-state index in [-0.39, 0.29) is 0 Å². The molecule has 0 heterocycles. The van der Waals surface area contributed by atoms with Gasteiger partial charge in [-0.2, -0.15) is 0 Å². The first-order valence-electron chi connectivity index (χ1n) is 5.14. The summed E-state index contributed by atoms with van der Waals surface area (Å²) in [7, 11) is 6.36. The van der Waals surface area contributed by atoms with Gasteiger partial charge in [-0.25, -0.2) is 0 Å². The minimum atomic E-state index is 0.672. The lowest BCUT2D eigenvalue weighted by molar-refractivity contribution is 0.301. The molecule has 0 aromatic rings. The Morgan fingerprint density at radius 3 is 2.43 bits per heavy atom. The molecule has 0 aliphatic carbocycles. The maximum atomic E-state index is 5.13. The summed E-state index contributed by atoms with van der Waals surface area (Å²) in [4.78, 5) is 4.54. The largest absolute Gasteiger partial charge is 0.309 e. The van der Waals surface area contributed by atoms with Crippen molar-refractivity contribution in [1.82, 2.24) is 15.1 Å². The Hall–Kier alpha value is -0.560. The third-order valence-corrected chi connectivity index (χ3v) is 2.04. The molecular formula is C11H23N3. The molecule has 0 bridgehead atoms. The van der Waals surface area contributed by atoms with Gasteiger partial charge in [-0.3, -0.25) is 0 Å². The minimum Gasteiger partial charge on any atom is -0.309 e. The maximum Gasteiger partial charge on any atom is 0.0574 e. The van der Waals surface area contributed by atoms with Crippen LogP contribution in [0, 0.1) is 12.3 Å². The lowest BCUT2D eigenvalue weighted by Crippen LogP contribution is -2.31. The van der Waals surface area contributed by atoms with Crippen LogP contribution in [-0.4, -0.2) is 63.7 Å². The van der Waals surface area contributed by atoms with Gasteiger partial charge in [0.2, 0.25) is 0 Å². The molecule has 82 valence electrons. The molecule has 0 aliphatic heterocycles. The molecule has 1 N–H and O–H groups in total. The number of nitrogens with zero attached hydrogens (tertiary/aromatic N) is 2. The van der Waals surface area contributed by atoms with Crippen molar-refractivity contribution in [1.29, 1.82) is 0 Å². The molecule has 3 nitrogen and oxygen atoms in total. The van der Waals surface area contributed by atoms with Gasteiger partial charge in [-0.15, -0.1) is 6.42 Å². The minimum absolute atomic E-state index is 0.672. The van der Waals surface area contributed by atoms with Crippen molar-refractivity contribution in [2.45, 2.75) is 6.42 Å². The van der Waals surface area contributed by atoms with E-state index >= 15 is 0 Å². The Bertz CT molecular complexity index is 160. The summed E-state index contributed by atoms with van der Waals surface area (Å²) in [6.45, 7) is 5.02. The van der Waals surface area contributed by atoms with Crippen molar-refractivity contribution in [3.63, 3.8) is 0 Å². The third kappa shape index (κ3) is 9.53. The van der Waals surface area contributed by atoms with Gasteiger partial charge in [0, 0.05) is 13.1 Å². The lowest BCUT2D eigenvalue weighted by Gasteiger charge is -2.17. The Morgan fingerprint density at radius 2 is 1.86 bits per heavy atom. The average molecular weight is 197 g/mol.